The molecule has 4 rings (SSSR count). The molecule has 8 heteroatoms. The van der Waals surface area contributed by atoms with Gasteiger partial charge in [0.1, 0.15) is 0 Å². The quantitative estimate of drug-likeness (QED) is 0.446. The first-order chi connectivity index (χ1) is 15.8. The van der Waals surface area contributed by atoms with E-state index in [9.17, 15) is 13.2 Å². The van der Waals surface area contributed by atoms with Gasteiger partial charge in [-0.05, 0) is 43.3 Å². The van der Waals surface area contributed by atoms with Crippen molar-refractivity contribution in [3.63, 3.8) is 0 Å². The lowest BCUT2D eigenvalue weighted by Gasteiger charge is -2.32. The molecule has 0 saturated heterocycles. The second-order valence-electron chi connectivity index (χ2n) is 7.82. The van der Waals surface area contributed by atoms with Gasteiger partial charge in [0.05, 0.1) is 15.3 Å². The average Bonchev–Trinajstić information content (AvgIpc) is 2.80. The number of benzene rings is 2. The molecule has 0 saturated carbocycles. The van der Waals surface area contributed by atoms with Crippen LogP contribution in [0.3, 0.4) is 0 Å². The number of carbonyl (C=O) groups excluding carboxylic acids is 1. The molecule has 0 spiro atoms. The number of ketones is 1. The molecular formula is C25H23ClN2O3S2. The lowest BCUT2D eigenvalue weighted by atomic mass is 9.80. The van der Waals surface area contributed by atoms with E-state index < -0.39 is 22.0 Å². The van der Waals surface area contributed by atoms with Crippen LogP contribution in [0.25, 0.3) is 10.9 Å². The summed E-state index contributed by atoms with van der Waals surface area (Å²) in [6.45, 7) is 3.69. The summed E-state index contributed by atoms with van der Waals surface area (Å²) in [5.74, 6) is -0.732. The van der Waals surface area contributed by atoms with Crippen LogP contribution in [0, 0.1) is 11.8 Å². The minimum Gasteiger partial charge on any atom is -0.293 e. The second kappa shape index (κ2) is 9.81. The van der Waals surface area contributed by atoms with Crippen molar-refractivity contribution in [2.45, 2.75) is 29.7 Å². The van der Waals surface area contributed by atoms with Gasteiger partial charge < -0.3 is 0 Å². The van der Waals surface area contributed by atoms with Crippen LogP contribution >= 0.6 is 23.4 Å². The van der Waals surface area contributed by atoms with E-state index in [1.54, 1.807) is 24.4 Å². The first kappa shape index (κ1) is 23.7. The Bertz CT molecular complexity index is 1360. The van der Waals surface area contributed by atoms with Crippen molar-refractivity contribution in [2.24, 2.45) is 11.8 Å². The molecule has 33 heavy (non-hydrogen) atoms. The first-order valence-electron chi connectivity index (χ1n) is 10.5. The SMILES string of the molecule is CC=CC1C(NS(=O)(=O)c2cccc(Cl)c2)C=C(Sc2cccc3cccnc23)C(=O)C1C. The molecule has 1 heterocycles. The highest BCUT2D eigenvalue weighted by atomic mass is 35.5. The minimum absolute atomic E-state index is 0.0192. The number of sulfonamides is 1. The molecular weight excluding hydrogens is 476 g/mol. The lowest BCUT2D eigenvalue weighted by Crippen LogP contribution is -2.45. The van der Waals surface area contributed by atoms with E-state index >= 15 is 0 Å². The number of pyridine rings is 1. The van der Waals surface area contributed by atoms with E-state index in [1.807, 2.05) is 56.3 Å². The molecule has 5 nitrogen and oxygen atoms in total. The Morgan fingerprint density at radius 1 is 1.12 bits per heavy atom. The van der Waals surface area contributed by atoms with Crippen molar-refractivity contribution < 1.29 is 13.2 Å². The molecule has 0 fully saturated rings. The summed E-state index contributed by atoms with van der Waals surface area (Å²) in [5.41, 5.74) is 0.804. The summed E-state index contributed by atoms with van der Waals surface area (Å²) in [7, 11) is -3.85. The largest absolute Gasteiger partial charge is 0.293 e. The fourth-order valence-electron chi connectivity index (χ4n) is 3.93. The summed E-state index contributed by atoms with van der Waals surface area (Å²) in [6, 6.07) is 15.2. The van der Waals surface area contributed by atoms with E-state index in [4.69, 9.17) is 11.6 Å². The van der Waals surface area contributed by atoms with Gasteiger partial charge in [-0.25, -0.2) is 13.1 Å². The maximum absolute atomic E-state index is 13.2. The number of hydrogen-bond donors (Lipinski definition) is 1. The third-order valence-corrected chi connectivity index (χ3v) is 8.41. The molecule has 170 valence electrons. The zero-order valence-electron chi connectivity index (χ0n) is 18.1. The van der Waals surface area contributed by atoms with E-state index in [0.717, 1.165) is 15.8 Å². The molecule has 2 aromatic carbocycles. The highest BCUT2D eigenvalue weighted by Gasteiger charge is 2.37. The topological polar surface area (TPSA) is 76.1 Å². The zero-order chi connectivity index (χ0) is 23.6. The molecule has 0 aliphatic heterocycles. The van der Waals surface area contributed by atoms with Gasteiger partial charge in [0.15, 0.2) is 5.78 Å². The molecule has 0 radical (unpaired) electrons. The molecule has 1 aliphatic rings. The van der Waals surface area contributed by atoms with E-state index in [2.05, 4.69) is 9.71 Å². The molecule has 3 unspecified atom stereocenters. The number of carbonyl (C=O) groups is 1. The molecule has 3 aromatic rings. The minimum atomic E-state index is -3.85. The maximum Gasteiger partial charge on any atom is 0.241 e. The number of thioether (sulfide) groups is 1. The number of para-hydroxylation sites is 1. The Kier molecular flexibility index (Phi) is 7.05. The summed E-state index contributed by atoms with van der Waals surface area (Å²) in [6.07, 6.45) is 7.17. The van der Waals surface area contributed by atoms with Crippen LogP contribution in [0.1, 0.15) is 13.8 Å². The molecule has 0 amide bonds. The summed E-state index contributed by atoms with van der Waals surface area (Å²) >= 11 is 7.33. The highest BCUT2D eigenvalue weighted by molar-refractivity contribution is 8.04. The van der Waals surface area contributed by atoms with Crippen LogP contribution in [-0.4, -0.2) is 25.2 Å². The van der Waals surface area contributed by atoms with E-state index in [0.29, 0.717) is 9.93 Å². The van der Waals surface area contributed by atoms with Crippen LogP contribution < -0.4 is 4.72 Å². The lowest BCUT2D eigenvalue weighted by molar-refractivity contribution is -0.119. The smallest absolute Gasteiger partial charge is 0.241 e. The first-order valence-corrected chi connectivity index (χ1v) is 13.2. The number of rotatable bonds is 6. The van der Waals surface area contributed by atoms with Gasteiger partial charge in [0.2, 0.25) is 10.0 Å². The predicted molar refractivity (Wildman–Crippen MR) is 134 cm³/mol. The van der Waals surface area contributed by atoms with Crippen molar-refractivity contribution in [1.29, 1.82) is 0 Å². The number of aromatic nitrogens is 1. The fourth-order valence-corrected chi connectivity index (χ4v) is 6.60. The summed E-state index contributed by atoms with van der Waals surface area (Å²) < 4.78 is 29.0. The number of nitrogens with zero attached hydrogens (tertiary/aromatic N) is 1. The third-order valence-electron chi connectivity index (χ3n) is 5.61. The van der Waals surface area contributed by atoms with Crippen molar-refractivity contribution in [1.82, 2.24) is 9.71 Å². The molecule has 0 bridgehead atoms. The number of halogens is 1. The number of nitrogens with one attached hydrogen (secondary N) is 1. The van der Waals surface area contributed by atoms with E-state index in [1.165, 1.54) is 23.9 Å². The van der Waals surface area contributed by atoms with Crippen LogP contribution in [-0.2, 0) is 14.8 Å². The number of Topliss-reactive ketones (excluding diaryl/α,β-unsaturated/α-hetero) is 1. The molecule has 1 N–H and O–H groups in total. The third kappa shape index (κ3) is 5.06. The van der Waals surface area contributed by atoms with Crippen molar-refractivity contribution in [3.05, 3.63) is 88.9 Å². The monoisotopic (exact) mass is 498 g/mol. The standard InChI is InChI=1S/C25H23ClN2O3S2/c1-3-7-20-16(2)25(29)23(32-22-12-4-8-17-9-6-13-27-24(17)22)15-21(20)28-33(30,31)19-11-5-10-18(26)14-19/h3-16,20-21,28H,1-2H3. The van der Waals surface area contributed by atoms with Crippen LogP contribution in [0.2, 0.25) is 5.02 Å². The highest BCUT2D eigenvalue weighted by Crippen LogP contribution is 2.39. The summed E-state index contributed by atoms with van der Waals surface area (Å²) in [4.78, 5) is 19.1. The number of fused-ring (bicyclic) bond motifs is 1. The molecule has 3 atom stereocenters. The maximum atomic E-state index is 13.2. The molecule has 1 aromatic heterocycles. The average molecular weight is 499 g/mol. The van der Waals surface area contributed by atoms with Crippen LogP contribution in [0.15, 0.2) is 93.7 Å². The van der Waals surface area contributed by atoms with Crippen molar-refractivity contribution in [3.8, 4) is 0 Å². The predicted octanol–water partition coefficient (Wildman–Crippen LogP) is 5.62. The Labute approximate surface area is 203 Å². The normalized spacial score (nSPS) is 21.5. The second-order valence-corrected chi connectivity index (χ2v) is 11.1. The zero-order valence-corrected chi connectivity index (χ0v) is 20.5. The van der Waals surface area contributed by atoms with Gasteiger partial charge in [-0.15, -0.1) is 0 Å². The number of hydrogen-bond acceptors (Lipinski definition) is 5. The Hall–Kier alpha value is -2.45. The van der Waals surface area contributed by atoms with Gasteiger partial charge in [-0.2, -0.15) is 0 Å². The van der Waals surface area contributed by atoms with Crippen LogP contribution in [0.4, 0.5) is 0 Å². The van der Waals surface area contributed by atoms with Gasteiger partial charge in [-0.1, -0.05) is 66.7 Å². The van der Waals surface area contributed by atoms with Gasteiger partial charge in [0.25, 0.3) is 0 Å². The van der Waals surface area contributed by atoms with Crippen molar-refractivity contribution >= 4 is 50.1 Å². The Balaban J connectivity index is 1.73. The van der Waals surface area contributed by atoms with Gasteiger partial charge in [0, 0.05) is 39.4 Å². The van der Waals surface area contributed by atoms with E-state index in [-0.39, 0.29) is 16.6 Å². The van der Waals surface area contributed by atoms with Gasteiger partial charge in [-0.3, -0.25) is 9.78 Å². The Morgan fingerprint density at radius 2 is 1.88 bits per heavy atom. The van der Waals surface area contributed by atoms with Gasteiger partial charge >= 0.3 is 0 Å². The molecule has 1 aliphatic carbocycles. The summed E-state index contributed by atoms with van der Waals surface area (Å²) in [5, 5.41) is 1.31. The fraction of sp³-hybridized carbons (Fsp3) is 0.200. The van der Waals surface area contributed by atoms with Crippen molar-refractivity contribution in [2.75, 3.05) is 0 Å². The Morgan fingerprint density at radius 3 is 2.64 bits per heavy atom. The number of allylic oxidation sites excluding steroid dienone is 2. The van der Waals surface area contributed by atoms with Crippen LogP contribution in [0.5, 0.6) is 0 Å².